The summed E-state index contributed by atoms with van der Waals surface area (Å²) in [5.74, 6) is 1.69. The molecule has 3 heterocycles. The number of rotatable bonds is 3. The summed E-state index contributed by atoms with van der Waals surface area (Å²) in [5.41, 5.74) is 1.87. The maximum atomic E-state index is 5.46. The van der Waals surface area contributed by atoms with Crippen molar-refractivity contribution in [3.63, 3.8) is 0 Å². The second-order valence-electron chi connectivity index (χ2n) is 5.70. The first-order chi connectivity index (χ1) is 9.65. The van der Waals surface area contributed by atoms with Crippen LogP contribution in [-0.4, -0.2) is 39.2 Å². The molecule has 2 aromatic heterocycles. The first-order valence-electron chi connectivity index (χ1n) is 7.15. The molecule has 1 unspecified atom stereocenters. The van der Waals surface area contributed by atoms with E-state index in [9.17, 15) is 0 Å². The third-order valence-electron chi connectivity index (χ3n) is 3.96. The fourth-order valence-corrected chi connectivity index (χ4v) is 2.67. The predicted octanol–water partition coefficient (Wildman–Crippen LogP) is 2.64. The van der Waals surface area contributed by atoms with E-state index in [0.717, 1.165) is 36.7 Å². The van der Waals surface area contributed by atoms with Crippen LogP contribution in [0.15, 0.2) is 22.9 Å². The average Bonchev–Trinajstić information content (AvgIpc) is 3.08. The van der Waals surface area contributed by atoms with Gasteiger partial charge in [-0.05, 0) is 45.4 Å². The van der Waals surface area contributed by atoms with Gasteiger partial charge in [-0.25, -0.2) is 0 Å². The minimum absolute atomic E-state index is 0.350. The highest BCUT2D eigenvalue weighted by molar-refractivity contribution is 5.53. The van der Waals surface area contributed by atoms with Crippen LogP contribution in [0.3, 0.4) is 0 Å². The van der Waals surface area contributed by atoms with Crippen LogP contribution in [0.2, 0.25) is 0 Å². The predicted molar refractivity (Wildman–Crippen MR) is 76.3 cm³/mol. The Hall–Kier alpha value is -1.75. The molecule has 1 saturated heterocycles. The molecule has 20 heavy (non-hydrogen) atoms. The lowest BCUT2D eigenvalue weighted by Gasteiger charge is -2.19. The van der Waals surface area contributed by atoms with Gasteiger partial charge in [-0.15, -0.1) is 0 Å². The van der Waals surface area contributed by atoms with Gasteiger partial charge in [-0.3, -0.25) is 4.98 Å². The largest absolute Gasteiger partial charge is 0.339 e. The van der Waals surface area contributed by atoms with Crippen molar-refractivity contribution in [1.82, 2.24) is 20.0 Å². The van der Waals surface area contributed by atoms with E-state index in [0.29, 0.717) is 17.8 Å². The molecule has 0 aliphatic carbocycles. The molecule has 0 amide bonds. The van der Waals surface area contributed by atoms with Crippen molar-refractivity contribution >= 4 is 0 Å². The summed E-state index contributed by atoms with van der Waals surface area (Å²) in [6.07, 6.45) is 2.84. The Kier molecular flexibility index (Phi) is 3.53. The highest BCUT2D eigenvalue weighted by Gasteiger charge is 2.29. The molecule has 1 atom stereocenters. The molecule has 1 aliphatic rings. The molecule has 106 valence electrons. The molecule has 0 saturated carbocycles. The molecule has 3 rings (SSSR count). The molecule has 0 N–H and O–H groups in total. The average molecular weight is 272 g/mol. The SMILES string of the molecule is Cc1cccnc1-c1noc(C2CCN(C(C)C)C2)n1. The van der Waals surface area contributed by atoms with E-state index in [1.807, 2.05) is 19.1 Å². The summed E-state index contributed by atoms with van der Waals surface area (Å²) in [6, 6.07) is 4.49. The Morgan fingerprint density at radius 1 is 1.40 bits per heavy atom. The zero-order valence-electron chi connectivity index (χ0n) is 12.2. The number of aryl methyl sites for hydroxylation is 1. The molecule has 0 bridgehead atoms. The fourth-order valence-electron chi connectivity index (χ4n) is 2.67. The Morgan fingerprint density at radius 3 is 2.95 bits per heavy atom. The van der Waals surface area contributed by atoms with Crippen LogP contribution < -0.4 is 0 Å². The minimum atomic E-state index is 0.350. The second kappa shape index (κ2) is 5.32. The Balaban J connectivity index is 1.80. The number of aromatic nitrogens is 3. The van der Waals surface area contributed by atoms with Crippen molar-refractivity contribution < 1.29 is 4.52 Å². The highest BCUT2D eigenvalue weighted by Crippen LogP contribution is 2.28. The zero-order valence-corrected chi connectivity index (χ0v) is 12.2. The second-order valence-corrected chi connectivity index (χ2v) is 5.70. The van der Waals surface area contributed by atoms with Crippen molar-refractivity contribution in [1.29, 1.82) is 0 Å². The van der Waals surface area contributed by atoms with Crippen LogP contribution in [0, 0.1) is 6.92 Å². The van der Waals surface area contributed by atoms with Gasteiger partial charge in [0.2, 0.25) is 11.7 Å². The van der Waals surface area contributed by atoms with E-state index in [1.54, 1.807) is 6.20 Å². The Labute approximate surface area is 119 Å². The summed E-state index contributed by atoms with van der Waals surface area (Å²) >= 11 is 0. The van der Waals surface area contributed by atoms with Crippen molar-refractivity contribution in [2.45, 2.75) is 39.2 Å². The van der Waals surface area contributed by atoms with Gasteiger partial charge in [0.1, 0.15) is 5.69 Å². The molecule has 0 radical (unpaired) electrons. The van der Waals surface area contributed by atoms with Crippen LogP contribution in [0.25, 0.3) is 11.5 Å². The molecule has 5 heteroatoms. The van der Waals surface area contributed by atoms with Crippen LogP contribution in [-0.2, 0) is 0 Å². The number of nitrogens with zero attached hydrogens (tertiary/aromatic N) is 4. The van der Waals surface area contributed by atoms with E-state index in [-0.39, 0.29) is 0 Å². The molecule has 2 aromatic rings. The zero-order chi connectivity index (χ0) is 14.1. The van der Waals surface area contributed by atoms with Crippen LogP contribution >= 0.6 is 0 Å². The van der Waals surface area contributed by atoms with Crippen molar-refractivity contribution in [3.8, 4) is 11.5 Å². The van der Waals surface area contributed by atoms with Gasteiger partial charge < -0.3 is 9.42 Å². The van der Waals surface area contributed by atoms with Crippen LogP contribution in [0.4, 0.5) is 0 Å². The first kappa shape index (κ1) is 13.2. The van der Waals surface area contributed by atoms with E-state index in [1.165, 1.54) is 0 Å². The number of likely N-dealkylation sites (tertiary alicyclic amines) is 1. The van der Waals surface area contributed by atoms with Gasteiger partial charge >= 0.3 is 0 Å². The summed E-state index contributed by atoms with van der Waals surface area (Å²) in [4.78, 5) is 11.3. The summed E-state index contributed by atoms with van der Waals surface area (Å²) < 4.78 is 5.46. The monoisotopic (exact) mass is 272 g/mol. The minimum Gasteiger partial charge on any atom is -0.339 e. The van der Waals surface area contributed by atoms with Gasteiger partial charge in [0.15, 0.2) is 0 Å². The number of hydrogen-bond donors (Lipinski definition) is 0. The van der Waals surface area contributed by atoms with Crippen LogP contribution in [0.5, 0.6) is 0 Å². The van der Waals surface area contributed by atoms with E-state index in [4.69, 9.17) is 4.52 Å². The lowest BCUT2D eigenvalue weighted by molar-refractivity contribution is 0.265. The van der Waals surface area contributed by atoms with E-state index >= 15 is 0 Å². The molecule has 0 aromatic carbocycles. The van der Waals surface area contributed by atoms with Gasteiger partial charge in [0.25, 0.3) is 0 Å². The maximum Gasteiger partial charge on any atom is 0.231 e. The maximum absolute atomic E-state index is 5.46. The fraction of sp³-hybridized carbons (Fsp3) is 0.533. The smallest absolute Gasteiger partial charge is 0.231 e. The van der Waals surface area contributed by atoms with Gasteiger partial charge in [-0.2, -0.15) is 4.98 Å². The standard InChI is InChI=1S/C15H20N4O/c1-10(2)19-8-6-12(9-19)15-17-14(18-20-15)13-11(3)5-4-7-16-13/h4-5,7,10,12H,6,8-9H2,1-3H3. The highest BCUT2D eigenvalue weighted by atomic mass is 16.5. The molecular formula is C15H20N4O. The topological polar surface area (TPSA) is 55.1 Å². The normalized spacial score (nSPS) is 19.9. The van der Waals surface area contributed by atoms with Gasteiger partial charge in [0, 0.05) is 18.8 Å². The lowest BCUT2D eigenvalue weighted by Crippen LogP contribution is -2.27. The first-order valence-corrected chi connectivity index (χ1v) is 7.15. The third-order valence-corrected chi connectivity index (χ3v) is 3.96. The summed E-state index contributed by atoms with van der Waals surface area (Å²) in [6.45, 7) is 8.55. The molecule has 5 nitrogen and oxygen atoms in total. The molecule has 1 aliphatic heterocycles. The van der Waals surface area contributed by atoms with Gasteiger partial charge in [-0.1, -0.05) is 11.2 Å². The van der Waals surface area contributed by atoms with Crippen molar-refractivity contribution in [3.05, 3.63) is 29.8 Å². The number of hydrogen-bond acceptors (Lipinski definition) is 5. The third kappa shape index (κ3) is 2.45. The van der Waals surface area contributed by atoms with Crippen LogP contribution in [0.1, 0.15) is 37.6 Å². The van der Waals surface area contributed by atoms with Crippen molar-refractivity contribution in [2.75, 3.05) is 13.1 Å². The Bertz CT molecular complexity index is 593. The Morgan fingerprint density at radius 2 is 2.25 bits per heavy atom. The summed E-state index contributed by atoms with van der Waals surface area (Å²) in [5, 5.41) is 4.09. The van der Waals surface area contributed by atoms with E-state index in [2.05, 4.69) is 33.9 Å². The summed E-state index contributed by atoms with van der Waals surface area (Å²) in [7, 11) is 0. The molecule has 1 fully saturated rings. The van der Waals surface area contributed by atoms with E-state index < -0.39 is 0 Å². The molecular weight excluding hydrogens is 252 g/mol. The van der Waals surface area contributed by atoms with Crippen molar-refractivity contribution in [2.24, 2.45) is 0 Å². The quantitative estimate of drug-likeness (QED) is 0.859. The number of pyridine rings is 1. The molecule has 0 spiro atoms. The lowest BCUT2D eigenvalue weighted by atomic mass is 10.1. The van der Waals surface area contributed by atoms with Gasteiger partial charge in [0.05, 0.1) is 5.92 Å².